The number of carbonyl (C=O) groups is 1. The third-order valence-electron chi connectivity index (χ3n) is 4.79. The van der Waals surface area contributed by atoms with Crippen molar-refractivity contribution in [2.75, 3.05) is 31.1 Å². The Hall–Kier alpha value is -1.34. The third kappa shape index (κ3) is 3.68. The van der Waals surface area contributed by atoms with Gasteiger partial charge in [-0.3, -0.25) is 4.79 Å². The van der Waals surface area contributed by atoms with Crippen LogP contribution in [0.4, 0.5) is 5.13 Å². The summed E-state index contributed by atoms with van der Waals surface area (Å²) in [5, 5.41) is 1.03. The first-order valence-electron chi connectivity index (χ1n) is 8.82. The monoisotopic (exact) mass is 439 g/mol. The third-order valence-corrected chi connectivity index (χ3v) is 7.35. The Morgan fingerprint density at radius 2 is 1.89 bits per heavy atom. The number of thiazole rings is 1. The second-order valence-electron chi connectivity index (χ2n) is 6.86. The number of amides is 1. The van der Waals surface area contributed by atoms with Crippen LogP contribution in [0, 0.1) is 0 Å². The maximum Gasteiger partial charge on any atom is 0.256 e. The molecular formula is C19H19Cl2N3OS2. The molecule has 0 atom stereocenters. The number of thiophene rings is 1. The van der Waals surface area contributed by atoms with Gasteiger partial charge in [-0.15, -0.1) is 11.3 Å². The fraction of sp³-hybridized carbons (Fsp3) is 0.368. The summed E-state index contributed by atoms with van der Waals surface area (Å²) < 4.78 is 2.21. The van der Waals surface area contributed by atoms with Gasteiger partial charge >= 0.3 is 0 Å². The lowest BCUT2D eigenvalue weighted by molar-refractivity contribution is 0.0747. The molecular weight excluding hydrogens is 421 g/mol. The predicted molar refractivity (Wildman–Crippen MR) is 116 cm³/mol. The van der Waals surface area contributed by atoms with Gasteiger partial charge in [0.1, 0.15) is 4.34 Å². The number of aromatic nitrogens is 1. The van der Waals surface area contributed by atoms with Crippen molar-refractivity contribution in [3.8, 4) is 0 Å². The molecule has 0 aliphatic carbocycles. The van der Waals surface area contributed by atoms with Crippen LogP contribution in [0.3, 0.4) is 0 Å². The van der Waals surface area contributed by atoms with Gasteiger partial charge in [0.2, 0.25) is 0 Å². The van der Waals surface area contributed by atoms with Gasteiger partial charge in [-0.05, 0) is 23.6 Å². The van der Waals surface area contributed by atoms with Crippen LogP contribution in [0.25, 0.3) is 10.2 Å². The van der Waals surface area contributed by atoms with E-state index in [-0.39, 0.29) is 5.91 Å². The van der Waals surface area contributed by atoms with Crippen LogP contribution in [0.15, 0.2) is 24.3 Å². The number of hydrogen-bond donors (Lipinski definition) is 0. The molecule has 142 valence electrons. The highest BCUT2D eigenvalue weighted by atomic mass is 35.5. The molecule has 1 fully saturated rings. The number of halogens is 2. The Bertz CT molecular complexity index is 990. The smallest absolute Gasteiger partial charge is 0.256 e. The molecule has 4 nitrogen and oxygen atoms in total. The van der Waals surface area contributed by atoms with Crippen LogP contribution < -0.4 is 4.90 Å². The van der Waals surface area contributed by atoms with E-state index in [0.717, 1.165) is 23.7 Å². The van der Waals surface area contributed by atoms with E-state index in [0.29, 0.717) is 33.2 Å². The topological polar surface area (TPSA) is 36.4 Å². The number of anilines is 1. The van der Waals surface area contributed by atoms with Crippen molar-refractivity contribution in [2.45, 2.75) is 19.8 Å². The van der Waals surface area contributed by atoms with Gasteiger partial charge in [-0.25, -0.2) is 4.98 Å². The minimum Gasteiger partial charge on any atom is -0.345 e. The maximum absolute atomic E-state index is 12.7. The molecule has 8 heteroatoms. The lowest BCUT2D eigenvalue weighted by atomic mass is 10.0. The van der Waals surface area contributed by atoms with Crippen molar-refractivity contribution in [3.05, 3.63) is 44.1 Å². The second-order valence-corrected chi connectivity index (χ2v) is 10.2. The summed E-state index contributed by atoms with van der Waals surface area (Å²) in [7, 11) is 0. The van der Waals surface area contributed by atoms with Gasteiger partial charge in [0.05, 0.1) is 20.1 Å². The normalized spacial score (nSPS) is 15.1. The molecule has 0 bridgehead atoms. The number of fused-ring (bicyclic) bond motifs is 1. The van der Waals surface area contributed by atoms with Crippen LogP contribution in [0.5, 0.6) is 0 Å². The first kappa shape index (κ1) is 19.0. The summed E-state index contributed by atoms with van der Waals surface area (Å²) in [6, 6.07) is 8.05. The van der Waals surface area contributed by atoms with Gasteiger partial charge < -0.3 is 9.80 Å². The first-order chi connectivity index (χ1) is 12.9. The van der Waals surface area contributed by atoms with Gasteiger partial charge in [0.15, 0.2) is 5.13 Å². The summed E-state index contributed by atoms with van der Waals surface area (Å²) in [4.78, 5) is 21.7. The lowest BCUT2D eigenvalue weighted by Gasteiger charge is -2.34. The number of rotatable bonds is 3. The van der Waals surface area contributed by atoms with E-state index in [9.17, 15) is 4.79 Å². The Kier molecular flexibility index (Phi) is 5.34. The number of benzene rings is 1. The zero-order valence-electron chi connectivity index (χ0n) is 15.0. The van der Waals surface area contributed by atoms with Crippen molar-refractivity contribution >= 4 is 67.1 Å². The number of para-hydroxylation sites is 1. The molecule has 2 aromatic heterocycles. The zero-order chi connectivity index (χ0) is 19.1. The van der Waals surface area contributed by atoms with E-state index in [2.05, 4.69) is 36.9 Å². The molecule has 0 spiro atoms. The molecule has 0 radical (unpaired) electrons. The van der Waals surface area contributed by atoms with E-state index < -0.39 is 0 Å². The maximum atomic E-state index is 12.7. The first-order valence-corrected chi connectivity index (χ1v) is 11.2. The SMILES string of the molecule is CC(C)c1cccc2sc(N3CCN(C(=O)c4cc(Cl)sc4Cl)CC3)nc12. The summed E-state index contributed by atoms with van der Waals surface area (Å²) in [6.45, 7) is 7.21. The molecule has 3 heterocycles. The molecule has 4 rings (SSSR count). The van der Waals surface area contributed by atoms with Crippen LogP contribution >= 0.6 is 45.9 Å². The van der Waals surface area contributed by atoms with Crippen LogP contribution in [-0.2, 0) is 0 Å². The van der Waals surface area contributed by atoms with Gasteiger partial charge in [0.25, 0.3) is 5.91 Å². The lowest BCUT2D eigenvalue weighted by Crippen LogP contribution is -2.48. The van der Waals surface area contributed by atoms with Crippen LogP contribution in [-0.4, -0.2) is 42.0 Å². The number of hydrogen-bond acceptors (Lipinski definition) is 5. The van der Waals surface area contributed by atoms with E-state index >= 15 is 0 Å². The van der Waals surface area contributed by atoms with Gasteiger partial charge in [0, 0.05) is 26.2 Å². The van der Waals surface area contributed by atoms with E-state index in [4.69, 9.17) is 28.2 Å². The highest BCUT2D eigenvalue weighted by Crippen LogP contribution is 2.35. The Labute approximate surface area is 176 Å². The zero-order valence-corrected chi connectivity index (χ0v) is 18.2. The molecule has 27 heavy (non-hydrogen) atoms. The van der Waals surface area contributed by atoms with E-state index in [1.165, 1.54) is 21.6 Å². The van der Waals surface area contributed by atoms with E-state index in [1.807, 2.05) is 4.90 Å². The quantitative estimate of drug-likeness (QED) is 0.520. The molecule has 0 unspecified atom stereocenters. The minimum absolute atomic E-state index is 0.0470. The largest absolute Gasteiger partial charge is 0.345 e. The van der Waals surface area contributed by atoms with Crippen molar-refractivity contribution in [3.63, 3.8) is 0 Å². The highest BCUT2D eigenvalue weighted by molar-refractivity contribution is 7.22. The number of piperazine rings is 1. The molecule has 3 aromatic rings. The Balaban J connectivity index is 1.49. The van der Waals surface area contributed by atoms with Crippen molar-refractivity contribution in [2.24, 2.45) is 0 Å². The molecule has 1 aromatic carbocycles. The standard InChI is InChI=1S/C19H19Cl2N3OS2/c1-11(2)12-4-3-5-14-16(12)22-19(26-14)24-8-6-23(7-9-24)18(25)13-10-15(20)27-17(13)21/h3-5,10-11H,6-9H2,1-2H3. The van der Waals surface area contributed by atoms with Gasteiger partial charge in [-0.2, -0.15) is 0 Å². The molecule has 1 saturated heterocycles. The van der Waals surface area contributed by atoms with Crippen molar-refractivity contribution < 1.29 is 4.79 Å². The second kappa shape index (κ2) is 7.59. The highest BCUT2D eigenvalue weighted by Gasteiger charge is 2.26. The van der Waals surface area contributed by atoms with E-state index in [1.54, 1.807) is 17.4 Å². The van der Waals surface area contributed by atoms with Crippen molar-refractivity contribution in [1.82, 2.24) is 9.88 Å². The van der Waals surface area contributed by atoms with Crippen LogP contribution in [0.2, 0.25) is 8.67 Å². The minimum atomic E-state index is -0.0470. The summed E-state index contributed by atoms with van der Waals surface area (Å²) >= 11 is 15.1. The summed E-state index contributed by atoms with van der Waals surface area (Å²) in [6.07, 6.45) is 0. The number of nitrogens with zero attached hydrogens (tertiary/aromatic N) is 3. The average Bonchev–Trinajstić information content (AvgIpc) is 3.23. The summed E-state index contributed by atoms with van der Waals surface area (Å²) in [5.41, 5.74) is 2.89. The van der Waals surface area contributed by atoms with Gasteiger partial charge in [-0.1, -0.05) is 60.5 Å². The Morgan fingerprint density at radius 1 is 1.15 bits per heavy atom. The average molecular weight is 440 g/mol. The molecule has 1 aliphatic rings. The van der Waals surface area contributed by atoms with Crippen LogP contribution in [0.1, 0.15) is 35.7 Å². The predicted octanol–water partition coefficient (Wildman–Crippen LogP) is 5.75. The molecule has 1 aliphatic heterocycles. The summed E-state index contributed by atoms with van der Waals surface area (Å²) in [5.74, 6) is 0.398. The molecule has 1 amide bonds. The molecule has 0 saturated carbocycles. The fourth-order valence-corrected chi connectivity index (χ4v) is 5.82. The Morgan fingerprint density at radius 3 is 2.52 bits per heavy atom. The number of carbonyl (C=O) groups excluding carboxylic acids is 1. The fourth-order valence-electron chi connectivity index (χ4n) is 3.32. The van der Waals surface area contributed by atoms with Crippen molar-refractivity contribution in [1.29, 1.82) is 0 Å². The molecule has 0 N–H and O–H groups in total.